The highest BCUT2D eigenvalue weighted by molar-refractivity contribution is 5.94. The van der Waals surface area contributed by atoms with Crippen LogP contribution in [0.5, 0.6) is 0 Å². The van der Waals surface area contributed by atoms with Gasteiger partial charge in [-0.15, -0.1) is 0 Å². The zero-order valence-corrected chi connectivity index (χ0v) is 14.2. The van der Waals surface area contributed by atoms with Crippen molar-refractivity contribution in [3.05, 3.63) is 12.7 Å². The van der Waals surface area contributed by atoms with Gasteiger partial charge in [0.1, 0.15) is 12.1 Å². The summed E-state index contributed by atoms with van der Waals surface area (Å²) in [5.41, 5.74) is -2.39. The third kappa shape index (κ3) is 3.99. The highest BCUT2D eigenvalue weighted by Gasteiger charge is 2.56. The minimum Gasteiger partial charge on any atom is -0.481 e. The van der Waals surface area contributed by atoms with Crippen LogP contribution in [0.4, 0.5) is 4.79 Å². The molecule has 0 aliphatic carbocycles. The lowest BCUT2D eigenvalue weighted by Gasteiger charge is -2.48. The number of carbonyl (C=O) groups is 3. The Bertz CT molecular complexity index is 453. The van der Waals surface area contributed by atoms with E-state index in [2.05, 4.69) is 6.58 Å². The van der Waals surface area contributed by atoms with E-state index in [0.29, 0.717) is 0 Å². The molecule has 0 aromatic rings. The number of carboxylic acid groups (broad SMARTS) is 1. The van der Waals surface area contributed by atoms with E-state index < -0.39 is 35.3 Å². The quantitative estimate of drug-likeness (QED) is 0.752. The number of hydrogen-bond donors (Lipinski definition) is 1. The normalized spacial score (nSPS) is 13.7. The van der Waals surface area contributed by atoms with Gasteiger partial charge in [-0.3, -0.25) is 14.5 Å². The molecule has 0 aromatic carbocycles. The smallest absolute Gasteiger partial charge is 0.410 e. The second-order valence-electron chi connectivity index (χ2n) is 6.30. The Morgan fingerprint density at radius 1 is 1.18 bits per heavy atom. The number of rotatable bonds is 6. The van der Waals surface area contributed by atoms with Gasteiger partial charge in [0.15, 0.2) is 0 Å². The highest BCUT2D eigenvalue weighted by Crippen LogP contribution is 2.40. The first kappa shape index (κ1) is 19.9. The second kappa shape index (κ2) is 7.29. The number of aliphatic carboxylic acids is 1. The molecular formula is C15H26N2O5. The fraction of sp³-hybridized carbons (Fsp3) is 0.667. The van der Waals surface area contributed by atoms with Crippen molar-refractivity contribution in [3.63, 3.8) is 0 Å². The molecule has 22 heavy (non-hydrogen) atoms. The van der Waals surface area contributed by atoms with Crippen molar-refractivity contribution in [1.29, 1.82) is 0 Å². The summed E-state index contributed by atoms with van der Waals surface area (Å²) in [5.74, 6) is -1.64. The van der Waals surface area contributed by atoms with E-state index in [1.54, 1.807) is 20.8 Å². The molecule has 0 heterocycles. The molecule has 0 rings (SSSR count). The van der Waals surface area contributed by atoms with Crippen molar-refractivity contribution >= 4 is 18.0 Å². The lowest BCUT2D eigenvalue weighted by atomic mass is 9.69. The molecule has 0 fully saturated rings. The van der Waals surface area contributed by atoms with Crippen molar-refractivity contribution in [1.82, 2.24) is 9.80 Å². The molecule has 0 saturated heterocycles. The largest absolute Gasteiger partial charge is 0.481 e. The molecule has 7 nitrogen and oxygen atoms in total. The van der Waals surface area contributed by atoms with Crippen molar-refractivity contribution < 1.29 is 24.2 Å². The van der Waals surface area contributed by atoms with Gasteiger partial charge in [0.2, 0.25) is 5.91 Å². The maximum atomic E-state index is 12.8. The summed E-state index contributed by atoms with van der Waals surface area (Å²) < 4.78 is 4.97. The lowest BCUT2D eigenvalue weighted by molar-refractivity contribution is -0.157. The predicted octanol–water partition coefficient (Wildman–Crippen LogP) is 1.59. The van der Waals surface area contributed by atoms with Crippen LogP contribution in [-0.4, -0.2) is 66.2 Å². The van der Waals surface area contributed by atoms with E-state index in [1.807, 2.05) is 0 Å². The summed E-state index contributed by atoms with van der Waals surface area (Å²) in [6, 6.07) is 0. The molecule has 0 saturated carbocycles. The molecular weight excluding hydrogens is 288 g/mol. The number of likely N-dealkylation sites (N-methyl/N-ethyl adjacent to an activating group) is 2. The van der Waals surface area contributed by atoms with Crippen LogP contribution in [0.1, 0.15) is 27.2 Å². The van der Waals surface area contributed by atoms with Gasteiger partial charge in [0.25, 0.3) is 0 Å². The third-order valence-electron chi connectivity index (χ3n) is 3.58. The van der Waals surface area contributed by atoms with Gasteiger partial charge in [-0.2, -0.15) is 0 Å². The summed E-state index contributed by atoms with van der Waals surface area (Å²) in [4.78, 5) is 38.7. The fourth-order valence-corrected chi connectivity index (χ4v) is 2.40. The molecule has 1 atom stereocenters. The third-order valence-corrected chi connectivity index (χ3v) is 3.58. The Hall–Kier alpha value is -2.05. The molecule has 1 unspecified atom stereocenters. The Balaban J connectivity index is 6.03. The van der Waals surface area contributed by atoms with Gasteiger partial charge in [-0.05, 0) is 5.41 Å². The molecule has 0 aliphatic rings. The summed E-state index contributed by atoms with van der Waals surface area (Å²) in [6.45, 7) is 8.58. The second-order valence-corrected chi connectivity index (χ2v) is 6.30. The van der Waals surface area contributed by atoms with Crippen molar-refractivity contribution in [3.8, 4) is 0 Å². The Morgan fingerprint density at radius 3 is 2.00 bits per heavy atom. The van der Waals surface area contributed by atoms with E-state index in [-0.39, 0.29) is 6.61 Å². The van der Waals surface area contributed by atoms with E-state index in [4.69, 9.17) is 4.74 Å². The maximum Gasteiger partial charge on any atom is 0.410 e. The van der Waals surface area contributed by atoms with Crippen LogP contribution in [0.15, 0.2) is 12.7 Å². The zero-order chi connectivity index (χ0) is 17.7. The van der Waals surface area contributed by atoms with E-state index in [1.165, 1.54) is 32.1 Å². The van der Waals surface area contributed by atoms with Crippen LogP contribution in [0.2, 0.25) is 0 Å². The van der Waals surface area contributed by atoms with Crippen LogP contribution in [0.3, 0.4) is 0 Å². The molecule has 2 amide bonds. The Labute approximate surface area is 131 Å². The minimum atomic E-state index is -1.57. The van der Waals surface area contributed by atoms with Gasteiger partial charge < -0.3 is 14.7 Å². The first-order valence-electron chi connectivity index (χ1n) is 6.86. The highest BCUT2D eigenvalue weighted by atomic mass is 16.6. The molecule has 7 heteroatoms. The van der Waals surface area contributed by atoms with Gasteiger partial charge in [0.05, 0.1) is 6.42 Å². The van der Waals surface area contributed by atoms with Gasteiger partial charge in [-0.25, -0.2) is 4.79 Å². The zero-order valence-electron chi connectivity index (χ0n) is 14.2. The lowest BCUT2D eigenvalue weighted by Crippen LogP contribution is -2.66. The number of amides is 2. The van der Waals surface area contributed by atoms with Crippen LogP contribution < -0.4 is 0 Å². The summed E-state index contributed by atoms with van der Waals surface area (Å²) in [5, 5.41) is 9.28. The van der Waals surface area contributed by atoms with Crippen LogP contribution in [0.25, 0.3) is 0 Å². The molecule has 0 bridgehead atoms. The first-order valence-corrected chi connectivity index (χ1v) is 6.86. The van der Waals surface area contributed by atoms with Gasteiger partial charge >= 0.3 is 12.1 Å². The summed E-state index contributed by atoms with van der Waals surface area (Å²) in [6.07, 6.45) is 0.106. The summed E-state index contributed by atoms with van der Waals surface area (Å²) in [7, 11) is 4.42. The average molecular weight is 314 g/mol. The fourth-order valence-electron chi connectivity index (χ4n) is 2.40. The molecule has 0 spiro atoms. The molecule has 126 valence electrons. The SMILES string of the molecule is C=CCOC(=O)N(C)C(CC(=O)O)(C(=O)N(C)C)C(C)(C)C. The predicted molar refractivity (Wildman–Crippen MR) is 82.4 cm³/mol. The van der Waals surface area contributed by atoms with E-state index in [0.717, 1.165) is 4.90 Å². The topological polar surface area (TPSA) is 87.1 Å². The minimum absolute atomic E-state index is 0.0212. The average Bonchev–Trinajstić information content (AvgIpc) is 2.38. The number of carbonyl (C=O) groups excluding carboxylic acids is 2. The number of hydrogen-bond acceptors (Lipinski definition) is 4. The van der Waals surface area contributed by atoms with E-state index >= 15 is 0 Å². The van der Waals surface area contributed by atoms with Crippen LogP contribution in [-0.2, 0) is 14.3 Å². The first-order chi connectivity index (χ1) is 9.91. The molecule has 0 aliphatic heterocycles. The van der Waals surface area contributed by atoms with Gasteiger partial charge in [0, 0.05) is 21.1 Å². The van der Waals surface area contributed by atoms with Crippen LogP contribution in [0, 0.1) is 5.41 Å². The molecule has 0 aromatic heterocycles. The van der Waals surface area contributed by atoms with E-state index in [9.17, 15) is 19.5 Å². The number of nitrogens with zero attached hydrogens (tertiary/aromatic N) is 2. The van der Waals surface area contributed by atoms with Crippen molar-refractivity contribution in [2.24, 2.45) is 5.41 Å². The maximum absolute atomic E-state index is 12.8. The number of ether oxygens (including phenoxy) is 1. The monoisotopic (exact) mass is 314 g/mol. The standard InChI is InChI=1S/C15H26N2O5/c1-8-9-22-13(21)17(7)15(10-11(18)19,14(2,3)4)12(20)16(5)6/h8H,1,9-10H2,2-7H3,(H,18,19). The van der Waals surface area contributed by atoms with Crippen molar-refractivity contribution in [2.75, 3.05) is 27.7 Å². The van der Waals surface area contributed by atoms with Gasteiger partial charge in [-0.1, -0.05) is 33.4 Å². The number of carboxylic acids is 1. The molecule has 1 N–H and O–H groups in total. The van der Waals surface area contributed by atoms with Crippen LogP contribution >= 0.6 is 0 Å². The summed E-state index contributed by atoms with van der Waals surface area (Å²) >= 11 is 0. The Morgan fingerprint density at radius 2 is 1.68 bits per heavy atom. The molecule has 0 radical (unpaired) electrons. The van der Waals surface area contributed by atoms with Crippen molar-refractivity contribution in [2.45, 2.75) is 32.7 Å². The Kier molecular flexibility index (Phi) is 6.61.